The molecule has 1 amide bonds. The third-order valence-corrected chi connectivity index (χ3v) is 3.46. The maximum absolute atomic E-state index is 12.6. The van der Waals surface area contributed by atoms with Crippen molar-refractivity contribution in [2.45, 2.75) is 38.7 Å². The Morgan fingerprint density at radius 1 is 1.12 bits per heavy atom. The minimum atomic E-state index is -4.77. The van der Waals surface area contributed by atoms with Gasteiger partial charge in [0.2, 0.25) is 5.91 Å². The average molecular weight is 366 g/mol. The summed E-state index contributed by atoms with van der Waals surface area (Å²) in [5.74, 6) is -0.463. The number of hydrogen-bond donors (Lipinski definition) is 2. The van der Waals surface area contributed by atoms with Gasteiger partial charge in [0.1, 0.15) is 5.75 Å². The van der Waals surface area contributed by atoms with E-state index in [0.717, 1.165) is 5.56 Å². The molecule has 4 nitrogen and oxygen atoms in total. The van der Waals surface area contributed by atoms with Crippen LogP contribution >= 0.6 is 0 Å². The molecule has 7 heteroatoms. The van der Waals surface area contributed by atoms with E-state index < -0.39 is 11.9 Å². The lowest BCUT2D eigenvalue weighted by Crippen LogP contribution is -2.38. The Kier molecular flexibility index (Phi) is 5.92. The van der Waals surface area contributed by atoms with Crippen LogP contribution < -0.4 is 15.8 Å². The molecule has 0 spiro atoms. The Morgan fingerprint density at radius 2 is 1.81 bits per heavy atom. The second-order valence-corrected chi connectivity index (χ2v) is 6.69. The summed E-state index contributed by atoms with van der Waals surface area (Å²) >= 11 is 0. The summed E-state index contributed by atoms with van der Waals surface area (Å²) < 4.78 is 41.8. The molecule has 2 rings (SSSR count). The number of alkyl halides is 3. The van der Waals surface area contributed by atoms with Gasteiger partial charge >= 0.3 is 6.36 Å². The average Bonchev–Trinajstić information content (AvgIpc) is 2.51. The predicted octanol–water partition coefficient (Wildman–Crippen LogP) is 4.00. The molecule has 0 aliphatic heterocycles. The van der Waals surface area contributed by atoms with E-state index in [9.17, 15) is 18.0 Å². The first kappa shape index (κ1) is 19.8. The molecule has 0 unspecified atom stereocenters. The summed E-state index contributed by atoms with van der Waals surface area (Å²) in [6.45, 7) is 3.76. The van der Waals surface area contributed by atoms with E-state index in [2.05, 4.69) is 10.1 Å². The third kappa shape index (κ3) is 6.40. The molecular weight excluding hydrogens is 345 g/mol. The third-order valence-electron chi connectivity index (χ3n) is 3.46. The second kappa shape index (κ2) is 7.78. The first-order valence-corrected chi connectivity index (χ1v) is 8.03. The minimum Gasteiger partial charge on any atom is -0.405 e. The number of benzene rings is 2. The number of rotatable bonds is 6. The molecule has 0 aromatic heterocycles. The molecule has 3 N–H and O–H groups in total. The van der Waals surface area contributed by atoms with Crippen molar-refractivity contribution in [3.8, 4) is 16.9 Å². The summed E-state index contributed by atoms with van der Waals surface area (Å²) in [6, 6.07) is 12.8. The van der Waals surface area contributed by atoms with Crippen LogP contribution in [0.15, 0.2) is 48.5 Å². The molecule has 0 saturated heterocycles. The van der Waals surface area contributed by atoms with Crippen LogP contribution in [0.4, 0.5) is 13.2 Å². The summed E-state index contributed by atoms with van der Waals surface area (Å²) in [7, 11) is 0. The number of para-hydroxylation sites is 1. The topological polar surface area (TPSA) is 64.4 Å². The highest BCUT2D eigenvalue weighted by Crippen LogP contribution is 2.33. The highest BCUT2D eigenvalue weighted by molar-refractivity contribution is 5.77. The minimum absolute atomic E-state index is 0.176. The Hall–Kier alpha value is -2.54. The highest BCUT2D eigenvalue weighted by Gasteiger charge is 2.32. The van der Waals surface area contributed by atoms with Crippen molar-refractivity contribution in [2.24, 2.45) is 5.73 Å². The Bertz CT molecular complexity index is 768. The number of halogens is 3. The fourth-order valence-corrected chi connectivity index (χ4v) is 2.44. The Morgan fingerprint density at radius 3 is 2.46 bits per heavy atom. The van der Waals surface area contributed by atoms with E-state index >= 15 is 0 Å². The van der Waals surface area contributed by atoms with Gasteiger partial charge in [0, 0.05) is 24.1 Å². The quantitative estimate of drug-likeness (QED) is 0.812. The summed E-state index contributed by atoms with van der Waals surface area (Å²) in [4.78, 5) is 11.9. The number of ether oxygens (including phenoxy) is 1. The van der Waals surface area contributed by atoms with Crippen LogP contribution in [0.3, 0.4) is 0 Å². The first-order valence-electron chi connectivity index (χ1n) is 8.03. The fraction of sp³-hybridized carbons (Fsp3) is 0.316. The predicted molar refractivity (Wildman–Crippen MR) is 93.3 cm³/mol. The van der Waals surface area contributed by atoms with Crippen LogP contribution in [0.5, 0.6) is 5.75 Å². The highest BCUT2D eigenvalue weighted by atomic mass is 19.4. The number of carbonyl (C=O) groups excluding carboxylic acids is 1. The lowest BCUT2D eigenvalue weighted by molar-refractivity contribution is -0.274. The van der Waals surface area contributed by atoms with E-state index in [1.807, 2.05) is 0 Å². The van der Waals surface area contributed by atoms with Crippen molar-refractivity contribution in [1.82, 2.24) is 5.32 Å². The van der Waals surface area contributed by atoms with Gasteiger partial charge in [0.15, 0.2) is 0 Å². The van der Waals surface area contributed by atoms with Crippen LogP contribution in [-0.4, -0.2) is 17.8 Å². The van der Waals surface area contributed by atoms with Gasteiger partial charge in [-0.15, -0.1) is 13.2 Å². The molecule has 0 radical (unpaired) electrons. The van der Waals surface area contributed by atoms with E-state index in [1.165, 1.54) is 12.1 Å². The van der Waals surface area contributed by atoms with E-state index in [-0.39, 0.29) is 24.6 Å². The normalized spacial score (nSPS) is 11.9. The fourth-order valence-electron chi connectivity index (χ4n) is 2.44. The van der Waals surface area contributed by atoms with Crippen LogP contribution in [0, 0.1) is 0 Å². The van der Waals surface area contributed by atoms with Gasteiger partial charge in [-0.3, -0.25) is 4.79 Å². The maximum Gasteiger partial charge on any atom is 0.573 e. The molecule has 140 valence electrons. The van der Waals surface area contributed by atoms with Gasteiger partial charge < -0.3 is 15.8 Å². The molecule has 0 heterocycles. The van der Waals surface area contributed by atoms with Gasteiger partial charge in [0.05, 0.1) is 0 Å². The number of amides is 1. The molecule has 0 atom stereocenters. The number of hydrogen-bond acceptors (Lipinski definition) is 3. The second-order valence-electron chi connectivity index (χ2n) is 6.69. The zero-order valence-electron chi connectivity index (χ0n) is 14.6. The monoisotopic (exact) mass is 366 g/mol. The largest absolute Gasteiger partial charge is 0.573 e. The zero-order chi connectivity index (χ0) is 19.4. The zero-order valence-corrected chi connectivity index (χ0v) is 14.6. The van der Waals surface area contributed by atoms with Gasteiger partial charge in [-0.1, -0.05) is 36.4 Å². The smallest absolute Gasteiger partial charge is 0.405 e. The maximum atomic E-state index is 12.6. The summed E-state index contributed by atoms with van der Waals surface area (Å²) in [5.41, 5.74) is 6.84. The number of carbonyl (C=O) groups is 1. The van der Waals surface area contributed by atoms with E-state index in [4.69, 9.17) is 5.73 Å². The molecule has 26 heavy (non-hydrogen) atoms. The van der Waals surface area contributed by atoms with Crippen molar-refractivity contribution in [2.75, 3.05) is 0 Å². The van der Waals surface area contributed by atoms with Crippen molar-refractivity contribution in [3.05, 3.63) is 54.1 Å². The standard InChI is InChI=1S/C19H21F3N2O2/c1-18(2,23)11-17(25)24-12-13-6-5-7-14(10-13)15-8-3-4-9-16(15)26-19(20,21)22/h3-10H,11-12,23H2,1-2H3,(H,24,25). The molecule has 2 aromatic rings. The molecule has 0 aliphatic rings. The van der Waals surface area contributed by atoms with Crippen molar-refractivity contribution in [3.63, 3.8) is 0 Å². The lowest BCUT2D eigenvalue weighted by atomic mass is 10.0. The molecule has 2 aromatic carbocycles. The molecule has 0 aliphatic carbocycles. The Labute approximate surface area is 150 Å². The van der Waals surface area contributed by atoms with Crippen molar-refractivity contribution < 1.29 is 22.7 Å². The SMILES string of the molecule is CC(C)(N)CC(=O)NCc1cccc(-c2ccccc2OC(F)(F)F)c1. The van der Waals surface area contributed by atoms with Crippen molar-refractivity contribution >= 4 is 5.91 Å². The Balaban J connectivity index is 2.16. The molecular formula is C19H21F3N2O2. The van der Waals surface area contributed by atoms with Gasteiger partial charge in [-0.2, -0.15) is 0 Å². The molecule has 0 saturated carbocycles. The summed E-state index contributed by atoms with van der Waals surface area (Å²) in [6.07, 6.45) is -4.59. The van der Waals surface area contributed by atoms with E-state index in [0.29, 0.717) is 11.1 Å². The van der Waals surface area contributed by atoms with Gasteiger partial charge in [0.25, 0.3) is 0 Å². The van der Waals surface area contributed by atoms with Crippen LogP contribution in [0.2, 0.25) is 0 Å². The molecule has 0 fully saturated rings. The lowest BCUT2D eigenvalue weighted by Gasteiger charge is -2.17. The number of nitrogens with one attached hydrogen (secondary N) is 1. The van der Waals surface area contributed by atoms with Crippen LogP contribution in [-0.2, 0) is 11.3 Å². The number of nitrogens with two attached hydrogens (primary N) is 1. The van der Waals surface area contributed by atoms with E-state index in [1.54, 1.807) is 50.2 Å². The van der Waals surface area contributed by atoms with Gasteiger partial charge in [-0.05, 0) is 37.1 Å². The summed E-state index contributed by atoms with van der Waals surface area (Å²) in [5, 5.41) is 2.76. The first-order chi connectivity index (χ1) is 12.0. The molecule has 0 bridgehead atoms. The van der Waals surface area contributed by atoms with Gasteiger partial charge in [-0.25, -0.2) is 0 Å². The van der Waals surface area contributed by atoms with Crippen LogP contribution in [0.25, 0.3) is 11.1 Å². The van der Waals surface area contributed by atoms with Crippen LogP contribution in [0.1, 0.15) is 25.8 Å². The van der Waals surface area contributed by atoms with Crippen molar-refractivity contribution in [1.29, 1.82) is 0 Å².